The van der Waals surface area contributed by atoms with Gasteiger partial charge in [0.25, 0.3) is 5.92 Å². The molecule has 1 aromatic carbocycles. The van der Waals surface area contributed by atoms with Crippen molar-refractivity contribution in [1.29, 1.82) is 0 Å². The zero-order valence-corrected chi connectivity index (χ0v) is 27.7. The molecule has 2 aromatic rings. The lowest BCUT2D eigenvalue weighted by molar-refractivity contribution is -0.112. The highest BCUT2D eigenvalue weighted by atomic mass is 19.3. The highest BCUT2D eigenvalue weighted by Crippen LogP contribution is 2.53. The predicted molar refractivity (Wildman–Crippen MR) is 177 cm³/mol. The van der Waals surface area contributed by atoms with Crippen molar-refractivity contribution in [2.45, 2.75) is 129 Å². The van der Waals surface area contributed by atoms with Gasteiger partial charge in [-0.3, -0.25) is 4.90 Å². The molecular formula is C37H50F3N5. The van der Waals surface area contributed by atoms with Crippen molar-refractivity contribution in [3.05, 3.63) is 64.9 Å². The van der Waals surface area contributed by atoms with E-state index in [0.717, 1.165) is 68.6 Å². The Morgan fingerprint density at radius 1 is 0.933 bits per heavy atom. The van der Waals surface area contributed by atoms with Crippen molar-refractivity contribution in [2.24, 2.45) is 11.3 Å². The number of hydrogen-bond acceptors (Lipinski definition) is 5. The smallest absolute Gasteiger partial charge is 0.278 e. The lowest BCUT2D eigenvalue weighted by Crippen LogP contribution is -2.53. The first kappa shape index (κ1) is 32.1. The third-order valence-corrected chi connectivity index (χ3v) is 11.4. The van der Waals surface area contributed by atoms with Crippen LogP contribution in [-0.2, 0) is 5.92 Å². The van der Waals surface area contributed by atoms with Crippen molar-refractivity contribution in [3.63, 3.8) is 0 Å². The number of nitrogens with one attached hydrogen (secondary N) is 1. The van der Waals surface area contributed by atoms with Gasteiger partial charge in [-0.25, -0.2) is 23.1 Å². The Kier molecular flexibility index (Phi) is 8.83. The van der Waals surface area contributed by atoms with Crippen molar-refractivity contribution >= 4 is 17.7 Å². The van der Waals surface area contributed by atoms with Crippen LogP contribution in [0.15, 0.2) is 42.4 Å². The zero-order chi connectivity index (χ0) is 32.1. The van der Waals surface area contributed by atoms with Gasteiger partial charge in [-0.1, -0.05) is 57.4 Å². The van der Waals surface area contributed by atoms with Crippen LogP contribution in [0.25, 0.3) is 6.08 Å². The van der Waals surface area contributed by atoms with Crippen molar-refractivity contribution in [1.82, 2.24) is 14.9 Å². The van der Waals surface area contributed by atoms with Crippen molar-refractivity contribution < 1.29 is 13.2 Å². The van der Waals surface area contributed by atoms with E-state index in [1.54, 1.807) is 12.1 Å². The highest BCUT2D eigenvalue weighted by molar-refractivity contribution is 5.83. The summed E-state index contributed by atoms with van der Waals surface area (Å²) in [6, 6.07) is 4.17. The van der Waals surface area contributed by atoms with Crippen LogP contribution in [0.5, 0.6) is 0 Å². The largest absolute Gasteiger partial charge is 0.363 e. The molecule has 244 valence electrons. The maximum Gasteiger partial charge on any atom is 0.278 e. The van der Waals surface area contributed by atoms with Gasteiger partial charge in [0.2, 0.25) is 0 Å². The van der Waals surface area contributed by atoms with Gasteiger partial charge in [0.1, 0.15) is 23.8 Å². The molecule has 4 atom stereocenters. The summed E-state index contributed by atoms with van der Waals surface area (Å²) in [7, 11) is 0. The number of benzene rings is 1. The van der Waals surface area contributed by atoms with E-state index in [2.05, 4.69) is 60.5 Å². The van der Waals surface area contributed by atoms with Crippen LogP contribution < -0.4 is 10.2 Å². The third-order valence-electron chi connectivity index (χ3n) is 11.4. The van der Waals surface area contributed by atoms with E-state index in [4.69, 9.17) is 4.98 Å². The first-order chi connectivity index (χ1) is 21.4. The Morgan fingerprint density at radius 2 is 1.64 bits per heavy atom. The first-order valence-electron chi connectivity index (χ1n) is 17.2. The fourth-order valence-electron chi connectivity index (χ4n) is 8.71. The number of halogens is 3. The zero-order valence-electron chi connectivity index (χ0n) is 27.7. The predicted octanol–water partition coefficient (Wildman–Crippen LogP) is 9.63. The molecule has 3 unspecified atom stereocenters. The standard InChI is InChI=1S/C37H50F3N5/c1-23-13-9-7-8-10-18-44-27(5)32(36(6)16-12-17-36)21-30-34(41-22-42-35(30)44)43-26(4)29-14-11-15-31(33(29)38)37(39,40)28-19-24(2)45(23)25(3)20-28/h11,14-15,21-26,28H,5,7-10,12-13,16-20H2,1-4,6H3,(H,41,42,43)/t23?,24?,25?,26-,28?/m1/s1. The van der Waals surface area contributed by atoms with Crippen LogP contribution in [0.1, 0.15) is 122 Å². The van der Waals surface area contributed by atoms with E-state index in [1.165, 1.54) is 24.4 Å². The maximum atomic E-state index is 16.3. The number of allylic oxidation sites excluding steroid dienone is 1. The summed E-state index contributed by atoms with van der Waals surface area (Å²) in [5.74, 6) is -3.65. The summed E-state index contributed by atoms with van der Waals surface area (Å²) in [5.41, 5.74) is 2.82. The van der Waals surface area contributed by atoms with Crippen LogP contribution >= 0.6 is 0 Å². The summed E-state index contributed by atoms with van der Waals surface area (Å²) < 4.78 is 48.8. The lowest BCUT2D eigenvalue weighted by atomic mass is 9.64. The third kappa shape index (κ3) is 5.81. The van der Waals surface area contributed by atoms with E-state index in [9.17, 15) is 0 Å². The van der Waals surface area contributed by atoms with E-state index >= 15 is 13.2 Å². The highest BCUT2D eigenvalue weighted by Gasteiger charge is 2.49. The number of alkyl halides is 2. The number of hydrogen-bond donors (Lipinski definition) is 1. The van der Waals surface area contributed by atoms with Crippen LogP contribution in [0, 0.1) is 17.2 Å². The van der Waals surface area contributed by atoms with Gasteiger partial charge >= 0.3 is 0 Å². The van der Waals surface area contributed by atoms with Gasteiger partial charge in [-0.05, 0) is 83.3 Å². The van der Waals surface area contributed by atoms with Gasteiger partial charge in [0.15, 0.2) is 0 Å². The minimum absolute atomic E-state index is 0.00395. The second-order valence-electron chi connectivity index (χ2n) is 14.6. The van der Waals surface area contributed by atoms with Crippen LogP contribution in [0.3, 0.4) is 0 Å². The summed E-state index contributed by atoms with van der Waals surface area (Å²) in [5, 5.41) is 3.39. The molecule has 5 heterocycles. The molecule has 7 rings (SSSR count). The van der Waals surface area contributed by atoms with E-state index in [1.807, 2.05) is 6.92 Å². The van der Waals surface area contributed by atoms with Crippen LogP contribution in [-0.4, -0.2) is 39.5 Å². The minimum Gasteiger partial charge on any atom is -0.363 e. The molecule has 45 heavy (non-hydrogen) atoms. The molecule has 1 aliphatic carbocycles. The van der Waals surface area contributed by atoms with E-state index in [-0.39, 0.29) is 23.1 Å². The van der Waals surface area contributed by atoms with E-state index < -0.39 is 29.3 Å². The van der Waals surface area contributed by atoms with Gasteiger partial charge in [-0.15, -0.1) is 0 Å². The quantitative estimate of drug-likeness (QED) is 0.344. The maximum absolute atomic E-state index is 16.3. The second-order valence-corrected chi connectivity index (χ2v) is 14.6. The lowest BCUT2D eigenvalue weighted by Gasteiger charge is -2.47. The fraction of sp³-hybridized carbons (Fsp3) is 0.622. The molecule has 8 bridgehead atoms. The van der Waals surface area contributed by atoms with Gasteiger partial charge < -0.3 is 10.2 Å². The molecule has 0 amide bonds. The molecule has 0 spiro atoms. The SMILES string of the molecule is C=C1C(C2(C)CCC2)=Cc2c3ncnc2N1CCCCCCC(C)N1C(C)CC(CC1C)C(F)(F)c1cccc(c1F)[C@@H](C)N3. The summed E-state index contributed by atoms with van der Waals surface area (Å²) in [6.07, 6.45) is 13.2. The van der Waals surface area contributed by atoms with Gasteiger partial charge in [0.05, 0.1) is 17.2 Å². The molecule has 1 N–H and O–H groups in total. The van der Waals surface area contributed by atoms with Gasteiger partial charge in [-0.2, -0.15) is 0 Å². The van der Waals surface area contributed by atoms with Crippen LogP contribution in [0.2, 0.25) is 0 Å². The number of nitrogens with zero attached hydrogens (tertiary/aromatic N) is 4. The second kappa shape index (κ2) is 12.4. The first-order valence-corrected chi connectivity index (χ1v) is 17.2. The van der Waals surface area contributed by atoms with Gasteiger partial charge in [0, 0.05) is 41.8 Å². The molecule has 1 saturated heterocycles. The Bertz CT molecular complexity index is 1440. The normalized spacial score (nSPS) is 31.7. The summed E-state index contributed by atoms with van der Waals surface area (Å²) >= 11 is 0. The molecule has 0 radical (unpaired) electrons. The van der Waals surface area contributed by atoms with Crippen LogP contribution in [0.4, 0.5) is 24.8 Å². The summed E-state index contributed by atoms with van der Waals surface area (Å²) in [4.78, 5) is 14.0. The van der Waals surface area contributed by atoms with E-state index in [0.29, 0.717) is 24.7 Å². The molecule has 1 saturated carbocycles. The topological polar surface area (TPSA) is 44.3 Å². The number of rotatable bonds is 1. The number of anilines is 2. The van der Waals surface area contributed by atoms with Crippen molar-refractivity contribution in [3.8, 4) is 0 Å². The Morgan fingerprint density at radius 3 is 2.33 bits per heavy atom. The Hall–Kier alpha value is -2.87. The number of aromatic nitrogens is 2. The average Bonchev–Trinajstić information content (AvgIpc) is 2.97. The summed E-state index contributed by atoms with van der Waals surface area (Å²) in [6.45, 7) is 15.8. The molecular weight excluding hydrogens is 571 g/mol. The number of fused-ring (bicyclic) bond motifs is 9. The number of piperidine rings is 1. The Labute approximate surface area is 267 Å². The fourth-order valence-corrected chi connectivity index (χ4v) is 8.71. The molecule has 1 aromatic heterocycles. The molecule has 5 aliphatic rings. The average molecular weight is 622 g/mol. The monoisotopic (exact) mass is 621 g/mol. The van der Waals surface area contributed by atoms with Crippen molar-refractivity contribution in [2.75, 3.05) is 16.8 Å². The molecule has 4 aliphatic heterocycles. The molecule has 5 nitrogen and oxygen atoms in total. The minimum atomic E-state index is -3.28. The molecule has 8 heteroatoms. The molecule has 2 fully saturated rings. The Balaban J connectivity index is 1.40.